The van der Waals surface area contributed by atoms with E-state index in [1.54, 1.807) is 25.1 Å². The van der Waals surface area contributed by atoms with E-state index in [2.05, 4.69) is 15.5 Å². The lowest BCUT2D eigenvalue weighted by molar-refractivity contribution is 0.0568. The monoisotopic (exact) mass is 451 g/mol. The first-order valence-electron chi connectivity index (χ1n) is 9.44. The Morgan fingerprint density at radius 2 is 1.72 bits per heavy atom. The fraction of sp³-hybridized carbons (Fsp3) is 0.100. The van der Waals surface area contributed by atoms with E-state index >= 15 is 0 Å². The van der Waals surface area contributed by atoms with Crippen LogP contribution in [-0.4, -0.2) is 31.8 Å². The number of nitrogens with zero attached hydrogens (tertiary/aromatic N) is 5. The first-order chi connectivity index (χ1) is 15.3. The smallest absolute Gasteiger partial charge is 0.267 e. The van der Waals surface area contributed by atoms with E-state index < -0.39 is 21.8 Å². The minimum Gasteiger partial charge on any atom is -0.267 e. The maximum absolute atomic E-state index is 13.4. The first-order valence-corrected chi connectivity index (χ1v) is 11.0. The van der Waals surface area contributed by atoms with Crippen LogP contribution >= 0.6 is 0 Å². The standard InChI is InChI=1S/C20H17N7O4S/c1-2-23-27(12-6-8-13(9-7-12)32(22,30)31)26-19(28)15-5-3-4-14-17(24-25-21)11-10-16(18(14)15)20(26)29/h3-11,23H,2H2,1H3,(H2,22,30,31). The summed E-state index contributed by atoms with van der Waals surface area (Å²) >= 11 is 0. The van der Waals surface area contributed by atoms with Crippen LogP contribution in [0.5, 0.6) is 0 Å². The van der Waals surface area contributed by atoms with Crippen molar-refractivity contribution in [1.82, 2.24) is 10.4 Å². The molecule has 3 aromatic carbocycles. The van der Waals surface area contributed by atoms with E-state index in [4.69, 9.17) is 10.7 Å². The number of hydrogen-bond donors (Lipinski definition) is 2. The average molecular weight is 451 g/mol. The van der Waals surface area contributed by atoms with Crippen LogP contribution in [0.15, 0.2) is 64.6 Å². The van der Waals surface area contributed by atoms with E-state index in [1.165, 1.54) is 41.5 Å². The Morgan fingerprint density at radius 3 is 2.31 bits per heavy atom. The molecule has 0 fully saturated rings. The third kappa shape index (κ3) is 3.43. The van der Waals surface area contributed by atoms with Crippen molar-refractivity contribution in [2.45, 2.75) is 11.8 Å². The summed E-state index contributed by atoms with van der Waals surface area (Å²) in [6.07, 6.45) is 0. The third-order valence-electron chi connectivity index (χ3n) is 4.93. The number of nitrogens with two attached hydrogens (primary N) is 1. The lowest BCUT2D eigenvalue weighted by Crippen LogP contribution is -2.58. The highest BCUT2D eigenvalue weighted by Crippen LogP contribution is 2.36. The van der Waals surface area contributed by atoms with Crippen LogP contribution in [0.2, 0.25) is 0 Å². The molecular weight excluding hydrogens is 434 g/mol. The number of nitrogens with one attached hydrogen (secondary N) is 1. The molecule has 0 bridgehead atoms. The lowest BCUT2D eigenvalue weighted by atomic mass is 9.94. The van der Waals surface area contributed by atoms with E-state index in [9.17, 15) is 18.0 Å². The van der Waals surface area contributed by atoms with Gasteiger partial charge in [-0.2, -0.15) is 5.01 Å². The molecular formula is C20H17N7O4S. The molecule has 32 heavy (non-hydrogen) atoms. The fourth-order valence-corrected chi connectivity index (χ4v) is 4.10. The molecule has 1 heterocycles. The van der Waals surface area contributed by atoms with Crippen LogP contribution in [0.25, 0.3) is 21.2 Å². The Labute approximate surface area is 182 Å². The average Bonchev–Trinajstić information content (AvgIpc) is 2.77. The Balaban J connectivity index is 1.86. The molecule has 11 nitrogen and oxygen atoms in total. The number of rotatable bonds is 6. The second-order valence-corrected chi connectivity index (χ2v) is 8.40. The molecule has 0 aromatic heterocycles. The van der Waals surface area contributed by atoms with Gasteiger partial charge in [-0.05, 0) is 47.3 Å². The molecule has 0 unspecified atom stereocenters. The molecule has 2 amide bonds. The molecule has 4 rings (SSSR count). The molecule has 0 saturated carbocycles. The van der Waals surface area contributed by atoms with Gasteiger partial charge in [-0.3, -0.25) is 9.59 Å². The quantitative estimate of drug-likeness (QED) is 0.192. The zero-order valence-corrected chi connectivity index (χ0v) is 17.6. The van der Waals surface area contributed by atoms with Gasteiger partial charge >= 0.3 is 0 Å². The topological polar surface area (TPSA) is 162 Å². The molecule has 3 N–H and O–H groups in total. The Kier molecular flexibility index (Phi) is 5.28. The Bertz CT molecular complexity index is 1390. The number of hydrogen-bond acceptors (Lipinski definition) is 7. The van der Waals surface area contributed by atoms with E-state index in [-0.39, 0.29) is 16.0 Å². The number of benzene rings is 3. The van der Waals surface area contributed by atoms with Gasteiger partial charge in [-0.1, -0.05) is 30.2 Å². The molecule has 12 heteroatoms. The number of primary sulfonamides is 1. The molecule has 0 saturated heterocycles. The van der Waals surface area contributed by atoms with Gasteiger partial charge in [0.2, 0.25) is 10.0 Å². The fourth-order valence-electron chi connectivity index (χ4n) is 3.59. The summed E-state index contributed by atoms with van der Waals surface area (Å²) in [5, 5.41) is 11.9. The predicted molar refractivity (Wildman–Crippen MR) is 117 cm³/mol. The maximum Gasteiger partial charge on any atom is 0.281 e. The zero-order chi connectivity index (χ0) is 23.0. The number of hydrazine groups is 2. The number of anilines is 1. The first kappa shape index (κ1) is 21.3. The molecule has 0 spiro atoms. The summed E-state index contributed by atoms with van der Waals surface area (Å²) in [5.41, 5.74) is 13.0. The van der Waals surface area contributed by atoms with Crippen LogP contribution in [-0.2, 0) is 10.0 Å². The van der Waals surface area contributed by atoms with Crippen molar-refractivity contribution in [2.24, 2.45) is 10.3 Å². The Morgan fingerprint density at radius 1 is 1.06 bits per heavy atom. The second kappa shape index (κ2) is 7.94. The highest BCUT2D eigenvalue weighted by molar-refractivity contribution is 7.89. The van der Waals surface area contributed by atoms with Gasteiger partial charge in [-0.15, -0.1) is 0 Å². The van der Waals surface area contributed by atoms with Gasteiger partial charge in [0.15, 0.2) is 0 Å². The minimum absolute atomic E-state index is 0.102. The van der Waals surface area contributed by atoms with Crippen molar-refractivity contribution in [3.63, 3.8) is 0 Å². The van der Waals surface area contributed by atoms with Gasteiger partial charge < -0.3 is 0 Å². The highest BCUT2D eigenvalue weighted by Gasteiger charge is 2.37. The van der Waals surface area contributed by atoms with Crippen LogP contribution in [0.1, 0.15) is 27.6 Å². The van der Waals surface area contributed by atoms with Gasteiger partial charge in [-0.25, -0.2) is 24.1 Å². The van der Waals surface area contributed by atoms with Crippen molar-refractivity contribution in [3.8, 4) is 0 Å². The number of amides is 2. The van der Waals surface area contributed by atoms with E-state index in [1.807, 2.05) is 0 Å². The summed E-state index contributed by atoms with van der Waals surface area (Å²) in [7, 11) is -3.90. The van der Waals surface area contributed by atoms with Crippen molar-refractivity contribution >= 4 is 44.0 Å². The molecule has 0 aliphatic carbocycles. The predicted octanol–water partition coefficient (Wildman–Crippen LogP) is 2.97. The molecule has 3 aromatic rings. The number of carbonyl (C=O) groups is 2. The second-order valence-electron chi connectivity index (χ2n) is 6.83. The van der Waals surface area contributed by atoms with Crippen molar-refractivity contribution in [3.05, 3.63) is 76.2 Å². The summed E-state index contributed by atoms with van der Waals surface area (Å²) in [6, 6.07) is 13.4. The molecule has 0 radical (unpaired) electrons. The summed E-state index contributed by atoms with van der Waals surface area (Å²) in [4.78, 5) is 29.5. The molecule has 162 valence electrons. The number of sulfonamides is 1. The van der Waals surface area contributed by atoms with Crippen LogP contribution in [0, 0.1) is 0 Å². The summed E-state index contributed by atoms with van der Waals surface area (Å²) in [6.45, 7) is 2.15. The van der Waals surface area contributed by atoms with E-state index in [0.29, 0.717) is 28.7 Å². The van der Waals surface area contributed by atoms with Crippen LogP contribution < -0.4 is 15.7 Å². The lowest BCUT2D eigenvalue weighted by Gasteiger charge is -2.37. The zero-order valence-electron chi connectivity index (χ0n) is 16.8. The minimum atomic E-state index is -3.90. The van der Waals surface area contributed by atoms with Gasteiger partial charge in [0, 0.05) is 22.5 Å². The van der Waals surface area contributed by atoms with Crippen LogP contribution in [0.3, 0.4) is 0 Å². The largest absolute Gasteiger partial charge is 0.281 e. The summed E-state index contributed by atoms with van der Waals surface area (Å²) in [5.74, 6) is -1.19. The highest BCUT2D eigenvalue weighted by atomic mass is 32.2. The van der Waals surface area contributed by atoms with Crippen molar-refractivity contribution < 1.29 is 18.0 Å². The molecule has 1 aliphatic rings. The van der Waals surface area contributed by atoms with Gasteiger partial charge in [0.25, 0.3) is 11.8 Å². The van der Waals surface area contributed by atoms with Crippen molar-refractivity contribution in [1.29, 1.82) is 0 Å². The Hall–Kier alpha value is -3.96. The van der Waals surface area contributed by atoms with Crippen molar-refractivity contribution in [2.75, 3.05) is 11.7 Å². The normalized spacial score (nSPS) is 13.2. The van der Waals surface area contributed by atoms with Gasteiger partial charge in [0.1, 0.15) is 0 Å². The molecule has 0 atom stereocenters. The molecule has 1 aliphatic heterocycles. The number of azide groups is 1. The number of carbonyl (C=O) groups excluding carboxylic acids is 2. The van der Waals surface area contributed by atoms with Crippen LogP contribution in [0.4, 0.5) is 11.4 Å². The van der Waals surface area contributed by atoms with Gasteiger partial charge in [0.05, 0.1) is 21.7 Å². The SMILES string of the molecule is CCNN(c1ccc(S(N)(=O)=O)cc1)N1C(=O)c2cccc3c(N=[N+]=[N-])ccc(c23)C1=O. The summed E-state index contributed by atoms with van der Waals surface area (Å²) < 4.78 is 23.1. The number of imide groups is 1. The third-order valence-corrected chi connectivity index (χ3v) is 5.86. The van der Waals surface area contributed by atoms with E-state index in [0.717, 1.165) is 5.01 Å². The maximum atomic E-state index is 13.4.